The molecule has 2 heterocycles. The maximum Gasteiger partial charge on any atom is 0.301 e. The maximum absolute atomic E-state index is 10.8. The second-order valence-electron chi connectivity index (χ2n) is 3.30. The molecule has 0 saturated carbocycles. The van der Waals surface area contributed by atoms with E-state index in [4.69, 9.17) is 0 Å². The zero-order chi connectivity index (χ0) is 12.3. The monoisotopic (exact) mass is 247 g/mol. The van der Waals surface area contributed by atoms with Crippen molar-refractivity contribution in [2.24, 2.45) is 0 Å². The standard InChI is InChI=1S/C11H9N3O2S/c1-8-4-2-6-10(13-8)17-11-9(14(15)16)5-3-7-12-11/h2-7H,1H3. The summed E-state index contributed by atoms with van der Waals surface area (Å²) in [6.07, 6.45) is 1.53. The summed E-state index contributed by atoms with van der Waals surface area (Å²) < 4.78 is 0. The third-order valence-corrected chi connectivity index (χ3v) is 2.96. The van der Waals surface area contributed by atoms with E-state index in [1.807, 2.05) is 19.1 Å². The molecule has 0 fully saturated rings. The first-order valence-electron chi connectivity index (χ1n) is 4.88. The minimum Gasteiger partial charge on any atom is -0.258 e. The molecule has 86 valence electrons. The zero-order valence-corrected chi connectivity index (χ0v) is 9.85. The summed E-state index contributed by atoms with van der Waals surface area (Å²) in [5, 5.41) is 11.9. The highest BCUT2D eigenvalue weighted by Crippen LogP contribution is 2.31. The molecule has 17 heavy (non-hydrogen) atoms. The second kappa shape index (κ2) is 4.92. The average Bonchev–Trinajstić information content (AvgIpc) is 2.29. The van der Waals surface area contributed by atoms with Crippen LogP contribution in [-0.2, 0) is 0 Å². The van der Waals surface area contributed by atoms with Crippen molar-refractivity contribution in [3.8, 4) is 0 Å². The van der Waals surface area contributed by atoms with Gasteiger partial charge in [0.15, 0.2) is 5.03 Å². The van der Waals surface area contributed by atoms with Crippen molar-refractivity contribution in [1.82, 2.24) is 9.97 Å². The molecule has 0 amide bonds. The van der Waals surface area contributed by atoms with Gasteiger partial charge in [0.1, 0.15) is 5.03 Å². The van der Waals surface area contributed by atoms with Gasteiger partial charge in [0.05, 0.1) is 4.92 Å². The topological polar surface area (TPSA) is 68.9 Å². The van der Waals surface area contributed by atoms with E-state index in [1.165, 1.54) is 24.0 Å². The Kier molecular flexibility index (Phi) is 3.34. The maximum atomic E-state index is 10.8. The molecule has 0 bridgehead atoms. The first-order valence-corrected chi connectivity index (χ1v) is 5.69. The van der Waals surface area contributed by atoms with E-state index in [9.17, 15) is 10.1 Å². The van der Waals surface area contributed by atoms with Crippen LogP contribution in [-0.4, -0.2) is 14.9 Å². The number of aromatic nitrogens is 2. The van der Waals surface area contributed by atoms with E-state index < -0.39 is 4.92 Å². The van der Waals surface area contributed by atoms with Crippen molar-refractivity contribution in [2.75, 3.05) is 0 Å². The van der Waals surface area contributed by atoms with Gasteiger partial charge in [-0.1, -0.05) is 6.07 Å². The van der Waals surface area contributed by atoms with Crippen LogP contribution in [0.2, 0.25) is 0 Å². The fourth-order valence-corrected chi connectivity index (χ4v) is 2.17. The Hall–Kier alpha value is -1.95. The smallest absolute Gasteiger partial charge is 0.258 e. The van der Waals surface area contributed by atoms with E-state index in [0.29, 0.717) is 10.1 Å². The van der Waals surface area contributed by atoms with Crippen molar-refractivity contribution < 1.29 is 4.92 Å². The Bertz CT molecular complexity index is 560. The van der Waals surface area contributed by atoms with Gasteiger partial charge in [0, 0.05) is 18.0 Å². The third-order valence-electron chi connectivity index (χ3n) is 2.01. The largest absolute Gasteiger partial charge is 0.301 e. The van der Waals surface area contributed by atoms with E-state index in [2.05, 4.69) is 9.97 Å². The van der Waals surface area contributed by atoms with Crippen molar-refractivity contribution in [1.29, 1.82) is 0 Å². The lowest BCUT2D eigenvalue weighted by Gasteiger charge is -2.01. The molecule has 0 unspecified atom stereocenters. The molecule has 0 atom stereocenters. The van der Waals surface area contributed by atoms with Crippen LogP contribution in [0.25, 0.3) is 0 Å². The Labute approximate surface area is 102 Å². The predicted molar refractivity (Wildman–Crippen MR) is 64.0 cm³/mol. The molecule has 0 radical (unpaired) electrons. The minimum atomic E-state index is -0.439. The first-order chi connectivity index (χ1) is 8.16. The Morgan fingerprint density at radius 1 is 1.29 bits per heavy atom. The van der Waals surface area contributed by atoms with Crippen LogP contribution in [0.5, 0.6) is 0 Å². The predicted octanol–water partition coefficient (Wildman–Crippen LogP) is 2.84. The molecule has 6 heteroatoms. The fraction of sp³-hybridized carbons (Fsp3) is 0.0909. The number of nitrogens with zero attached hydrogens (tertiary/aromatic N) is 3. The lowest BCUT2D eigenvalue weighted by Crippen LogP contribution is -1.93. The summed E-state index contributed by atoms with van der Waals surface area (Å²) in [6, 6.07) is 8.52. The van der Waals surface area contributed by atoms with Gasteiger partial charge < -0.3 is 0 Å². The SMILES string of the molecule is Cc1cccc(Sc2ncccc2[N+](=O)[O-])n1. The molecule has 0 N–H and O–H groups in total. The molecule has 2 aromatic rings. The molecule has 5 nitrogen and oxygen atoms in total. The van der Waals surface area contributed by atoms with Gasteiger partial charge in [0.2, 0.25) is 0 Å². The highest BCUT2D eigenvalue weighted by Gasteiger charge is 2.15. The fourth-order valence-electron chi connectivity index (χ4n) is 1.27. The number of hydrogen-bond donors (Lipinski definition) is 0. The summed E-state index contributed by atoms with van der Waals surface area (Å²) in [5.41, 5.74) is 0.870. The molecule has 0 saturated heterocycles. The van der Waals surface area contributed by atoms with Crippen LogP contribution >= 0.6 is 11.8 Å². The number of hydrogen-bond acceptors (Lipinski definition) is 5. The van der Waals surface area contributed by atoms with Crippen molar-refractivity contribution in [2.45, 2.75) is 17.0 Å². The van der Waals surface area contributed by atoms with Crippen LogP contribution in [0.1, 0.15) is 5.69 Å². The quantitative estimate of drug-likeness (QED) is 0.616. The molecular formula is C11H9N3O2S. The van der Waals surface area contributed by atoms with E-state index in [0.717, 1.165) is 5.69 Å². The van der Waals surface area contributed by atoms with Gasteiger partial charge in [-0.15, -0.1) is 0 Å². The van der Waals surface area contributed by atoms with E-state index in [1.54, 1.807) is 12.1 Å². The number of rotatable bonds is 3. The molecule has 0 aliphatic rings. The summed E-state index contributed by atoms with van der Waals surface area (Å²) in [7, 11) is 0. The normalized spacial score (nSPS) is 10.2. The van der Waals surface area contributed by atoms with Crippen LogP contribution in [0.15, 0.2) is 46.6 Å². The van der Waals surface area contributed by atoms with Gasteiger partial charge in [-0.2, -0.15) is 0 Å². The zero-order valence-electron chi connectivity index (χ0n) is 9.03. The first kappa shape index (κ1) is 11.5. The lowest BCUT2D eigenvalue weighted by atomic mass is 10.4. The molecule has 2 rings (SSSR count). The van der Waals surface area contributed by atoms with Crippen molar-refractivity contribution in [3.05, 3.63) is 52.3 Å². The van der Waals surface area contributed by atoms with Crippen molar-refractivity contribution in [3.63, 3.8) is 0 Å². The van der Waals surface area contributed by atoms with Gasteiger partial charge in [-0.05, 0) is 36.9 Å². The average molecular weight is 247 g/mol. The number of aryl methyl sites for hydroxylation is 1. The summed E-state index contributed by atoms with van der Waals surface area (Å²) in [6.45, 7) is 1.87. The van der Waals surface area contributed by atoms with E-state index >= 15 is 0 Å². The lowest BCUT2D eigenvalue weighted by molar-refractivity contribution is -0.388. The highest BCUT2D eigenvalue weighted by molar-refractivity contribution is 7.99. The minimum absolute atomic E-state index is 0.000746. The van der Waals surface area contributed by atoms with Gasteiger partial charge in [0.25, 0.3) is 0 Å². The Morgan fingerprint density at radius 2 is 2.12 bits per heavy atom. The van der Waals surface area contributed by atoms with Crippen LogP contribution in [0, 0.1) is 17.0 Å². The summed E-state index contributed by atoms with van der Waals surface area (Å²) >= 11 is 1.19. The number of nitro groups is 1. The molecule has 0 spiro atoms. The Morgan fingerprint density at radius 3 is 2.82 bits per heavy atom. The summed E-state index contributed by atoms with van der Waals surface area (Å²) in [4.78, 5) is 18.6. The molecule has 0 aromatic carbocycles. The molecule has 0 aliphatic carbocycles. The van der Waals surface area contributed by atoms with Gasteiger partial charge in [-0.25, -0.2) is 9.97 Å². The molecular weight excluding hydrogens is 238 g/mol. The van der Waals surface area contributed by atoms with Crippen LogP contribution in [0.3, 0.4) is 0 Å². The van der Waals surface area contributed by atoms with E-state index in [-0.39, 0.29) is 5.69 Å². The van der Waals surface area contributed by atoms with Crippen LogP contribution < -0.4 is 0 Å². The van der Waals surface area contributed by atoms with Gasteiger partial charge in [-0.3, -0.25) is 10.1 Å². The molecule has 2 aromatic heterocycles. The summed E-state index contributed by atoms with van der Waals surface area (Å²) in [5.74, 6) is 0. The van der Waals surface area contributed by atoms with Gasteiger partial charge >= 0.3 is 5.69 Å². The third kappa shape index (κ3) is 2.79. The number of pyridine rings is 2. The Balaban J connectivity index is 2.33. The molecule has 0 aliphatic heterocycles. The highest BCUT2D eigenvalue weighted by atomic mass is 32.2. The van der Waals surface area contributed by atoms with Crippen LogP contribution in [0.4, 0.5) is 5.69 Å². The second-order valence-corrected chi connectivity index (χ2v) is 4.31. The van der Waals surface area contributed by atoms with Crippen molar-refractivity contribution >= 4 is 17.4 Å².